The lowest BCUT2D eigenvalue weighted by molar-refractivity contribution is -0.385. The second kappa shape index (κ2) is 6.65. The predicted molar refractivity (Wildman–Crippen MR) is 65.9 cm³/mol. The highest BCUT2D eigenvalue weighted by Crippen LogP contribution is 2.28. The lowest BCUT2D eigenvalue weighted by Crippen LogP contribution is -2.03. The van der Waals surface area contributed by atoms with E-state index in [1.165, 1.54) is 6.07 Å². The molecular formula is C12H16N2O3. The highest BCUT2D eigenvalue weighted by Gasteiger charge is 2.14. The van der Waals surface area contributed by atoms with E-state index in [9.17, 15) is 10.1 Å². The molecule has 2 N–H and O–H groups in total. The Hall–Kier alpha value is -1.88. The number of unbranched alkanes of at least 4 members (excludes halogenated alkanes) is 1. The molecule has 0 atom stereocenters. The molecule has 5 nitrogen and oxygen atoms in total. The Morgan fingerprint density at radius 2 is 2.29 bits per heavy atom. The van der Waals surface area contributed by atoms with Crippen molar-refractivity contribution in [2.45, 2.75) is 19.4 Å². The number of ether oxygens (including phenoxy) is 1. The third-order valence-corrected chi connectivity index (χ3v) is 2.27. The van der Waals surface area contributed by atoms with Crippen molar-refractivity contribution in [1.82, 2.24) is 0 Å². The lowest BCUT2D eigenvalue weighted by atomic mass is 10.2. The van der Waals surface area contributed by atoms with E-state index in [-0.39, 0.29) is 11.4 Å². The summed E-state index contributed by atoms with van der Waals surface area (Å²) in [5.74, 6) is 0.280. The molecule has 0 aromatic heterocycles. The van der Waals surface area contributed by atoms with Gasteiger partial charge in [0.25, 0.3) is 0 Å². The van der Waals surface area contributed by atoms with Crippen molar-refractivity contribution in [3.05, 3.63) is 46.5 Å². The summed E-state index contributed by atoms with van der Waals surface area (Å²) in [6.07, 6.45) is 3.39. The smallest absolute Gasteiger partial charge is 0.310 e. The van der Waals surface area contributed by atoms with Crippen molar-refractivity contribution in [3.8, 4) is 5.75 Å². The summed E-state index contributed by atoms with van der Waals surface area (Å²) in [5, 5.41) is 10.8. The SMILES string of the molecule is C=CCCCOc1cc(CN)ccc1[N+](=O)[O-]. The molecule has 0 amide bonds. The van der Waals surface area contributed by atoms with Crippen LogP contribution in [0.1, 0.15) is 18.4 Å². The Kier molecular flexibility index (Phi) is 5.16. The Morgan fingerprint density at radius 1 is 1.53 bits per heavy atom. The summed E-state index contributed by atoms with van der Waals surface area (Å²) in [6, 6.07) is 4.67. The van der Waals surface area contributed by atoms with Crippen LogP contribution < -0.4 is 10.5 Å². The van der Waals surface area contributed by atoms with Gasteiger partial charge in [0.2, 0.25) is 0 Å². The van der Waals surface area contributed by atoms with Crippen LogP contribution in [-0.4, -0.2) is 11.5 Å². The fourth-order valence-corrected chi connectivity index (χ4v) is 1.36. The van der Waals surface area contributed by atoms with Crippen molar-refractivity contribution >= 4 is 5.69 Å². The highest BCUT2D eigenvalue weighted by molar-refractivity contribution is 5.48. The van der Waals surface area contributed by atoms with Crippen LogP contribution in [0.3, 0.4) is 0 Å². The van der Waals surface area contributed by atoms with Gasteiger partial charge in [-0.05, 0) is 24.5 Å². The average Bonchev–Trinajstić information content (AvgIpc) is 2.34. The van der Waals surface area contributed by atoms with Crippen molar-refractivity contribution in [2.75, 3.05) is 6.61 Å². The van der Waals surface area contributed by atoms with Crippen LogP contribution in [0.25, 0.3) is 0 Å². The number of rotatable bonds is 7. The minimum absolute atomic E-state index is 0.0270. The van der Waals surface area contributed by atoms with Crippen LogP contribution in [0.15, 0.2) is 30.9 Å². The van der Waals surface area contributed by atoms with Crippen LogP contribution in [0, 0.1) is 10.1 Å². The average molecular weight is 236 g/mol. The van der Waals surface area contributed by atoms with Gasteiger partial charge in [-0.15, -0.1) is 6.58 Å². The predicted octanol–water partition coefficient (Wildman–Crippen LogP) is 2.40. The zero-order chi connectivity index (χ0) is 12.7. The minimum atomic E-state index is -0.455. The standard InChI is InChI=1S/C12H16N2O3/c1-2-3-4-7-17-12-8-10(9-13)5-6-11(12)14(15)16/h2,5-6,8H,1,3-4,7,9,13H2. The lowest BCUT2D eigenvalue weighted by Gasteiger charge is -2.07. The zero-order valence-electron chi connectivity index (χ0n) is 9.59. The zero-order valence-corrected chi connectivity index (χ0v) is 9.59. The molecule has 1 rings (SSSR count). The molecule has 0 spiro atoms. The number of hydrogen-bond acceptors (Lipinski definition) is 4. The van der Waals surface area contributed by atoms with Gasteiger partial charge >= 0.3 is 5.69 Å². The molecular weight excluding hydrogens is 220 g/mol. The van der Waals surface area contributed by atoms with E-state index in [4.69, 9.17) is 10.5 Å². The molecule has 5 heteroatoms. The van der Waals surface area contributed by atoms with E-state index in [0.29, 0.717) is 13.2 Å². The molecule has 1 aromatic carbocycles. The molecule has 0 saturated carbocycles. The van der Waals surface area contributed by atoms with Gasteiger partial charge in [-0.1, -0.05) is 12.1 Å². The Labute approximate surface area is 100 Å². The Morgan fingerprint density at radius 3 is 2.88 bits per heavy atom. The quantitative estimate of drug-likeness (QED) is 0.341. The molecule has 92 valence electrons. The topological polar surface area (TPSA) is 78.4 Å². The third kappa shape index (κ3) is 3.88. The van der Waals surface area contributed by atoms with Gasteiger partial charge < -0.3 is 10.5 Å². The van der Waals surface area contributed by atoms with Crippen LogP contribution in [-0.2, 0) is 6.54 Å². The van der Waals surface area contributed by atoms with E-state index >= 15 is 0 Å². The summed E-state index contributed by atoms with van der Waals surface area (Å²) in [7, 11) is 0. The first-order valence-corrected chi connectivity index (χ1v) is 5.40. The molecule has 0 fully saturated rings. The van der Waals surface area contributed by atoms with Gasteiger partial charge in [-0.3, -0.25) is 10.1 Å². The van der Waals surface area contributed by atoms with Crippen molar-refractivity contribution < 1.29 is 9.66 Å². The number of nitrogens with two attached hydrogens (primary N) is 1. The third-order valence-electron chi connectivity index (χ3n) is 2.27. The fourth-order valence-electron chi connectivity index (χ4n) is 1.36. The Balaban J connectivity index is 2.78. The first-order valence-electron chi connectivity index (χ1n) is 5.40. The number of nitro benzene ring substituents is 1. The summed E-state index contributed by atoms with van der Waals surface area (Å²) in [4.78, 5) is 10.3. The minimum Gasteiger partial charge on any atom is -0.487 e. The summed E-state index contributed by atoms with van der Waals surface area (Å²) in [5.41, 5.74) is 6.27. The molecule has 0 aliphatic carbocycles. The van der Waals surface area contributed by atoms with Gasteiger partial charge in [0.15, 0.2) is 5.75 Å². The number of nitro groups is 1. The largest absolute Gasteiger partial charge is 0.487 e. The van der Waals surface area contributed by atoms with E-state index in [1.807, 2.05) is 0 Å². The van der Waals surface area contributed by atoms with Gasteiger partial charge in [-0.25, -0.2) is 0 Å². The van der Waals surface area contributed by atoms with Gasteiger partial charge in [0, 0.05) is 12.6 Å². The molecule has 0 radical (unpaired) electrons. The number of nitrogens with zero attached hydrogens (tertiary/aromatic N) is 1. The van der Waals surface area contributed by atoms with Crippen LogP contribution in [0.2, 0.25) is 0 Å². The van der Waals surface area contributed by atoms with Gasteiger partial charge in [-0.2, -0.15) is 0 Å². The van der Waals surface area contributed by atoms with Crippen molar-refractivity contribution in [1.29, 1.82) is 0 Å². The number of benzene rings is 1. The molecule has 0 unspecified atom stereocenters. The maximum absolute atomic E-state index is 10.8. The maximum atomic E-state index is 10.8. The monoisotopic (exact) mass is 236 g/mol. The van der Waals surface area contributed by atoms with Gasteiger partial charge in [0.05, 0.1) is 11.5 Å². The molecule has 17 heavy (non-hydrogen) atoms. The van der Waals surface area contributed by atoms with Crippen LogP contribution in [0.4, 0.5) is 5.69 Å². The second-order valence-electron chi connectivity index (χ2n) is 3.54. The first kappa shape index (κ1) is 13.2. The molecule has 0 aliphatic rings. The van der Waals surface area contributed by atoms with Crippen molar-refractivity contribution in [2.24, 2.45) is 5.73 Å². The van der Waals surface area contributed by atoms with E-state index in [1.54, 1.807) is 18.2 Å². The highest BCUT2D eigenvalue weighted by atomic mass is 16.6. The molecule has 0 bridgehead atoms. The fraction of sp³-hybridized carbons (Fsp3) is 0.333. The maximum Gasteiger partial charge on any atom is 0.310 e. The summed E-state index contributed by atoms with van der Waals surface area (Å²) < 4.78 is 5.40. The van der Waals surface area contributed by atoms with Crippen LogP contribution >= 0.6 is 0 Å². The second-order valence-corrected chi connectivity index (χ2v) is 3.54. The first-order chi connectivity index (χ1) is 8.19. The molecule has 0 heterocycles. The van der Waals surface area contributed by atoms with E-state index in [2.05, 4.69) is 6.58 Å². The van der Waals surface area contributed by atoms with Gasteiger partial charge in [0.1, 0.15) is 0 Å². The van der Waals surface area contributed by atoms with E-state index in [0.717, 1.165) is 18.4 Å². The number of hydrogen-bond donors (Lipinski definition) is 1. The molecule has 0 saturated heterocycles. The van der Waals surface area contributed by atoms with Crippen LogP contribution in [0.5, 0.6) is 5.75 Å². The summed E-state index contributed by atoms with van der Waals surface area (Å²) in [6.45, 7) is 4.36. The van der Waals surface area contributed by atoms with E-state index < -0.39 is 4.92 Å². The summed E-state index contributed by atoms with van der Waals surface area (Å²) >= 11 is 0. The molecule has 0 aliphatic heterocycles. The number of allylic oxidation sites excluding steroid dienone is 1. The normalized spacial score (nSPS) is 9.94. The molecule has 1 aromatic rings. The Bertz CT molecular complexity index is 405. The van der Waals surface area contributed by atoms with Crippen molar-refractivity contribution in [3.63, 3.8) is 0 Å².